The molecule has 0 atom stereocenters. The molecule has 1 aliphatic rings. The summed E-state index contributed by atoms with van der Waals surface area (Å²) in [4.78, 5) is 18.6. The fourth-order valence-corrected chi connectivity index (χ4v) is 3.08. The largest absolute Gasteiger partial charge is 0.384 e. The van der Waals surface area contributed by atoms with Crippen LogP contribution in [0.3, 0.4) is 0 Å². The van der Waals surface area contributed by atoms with Gasteiger partial charge in [-0.3, -0.25) is 14.7 Å². The Labute approximate surface area is 141 Å². The van der Waals surface area contributed by atoms with Crippen LogP contribution in [-0.4, -0.2) is 44.7 Å². The van der Waals surface area contributed by atoms with E-state index in [1.54, 1.807) is 10.7 Å². The van der Waals surface area contributed by atoms with Gasteiger partial charge < -0.3 is 11.1 Å². The number of amides is 1. The zero-order chi connectivity index (χ0) is 16.9. The van der Waals surface area contributed by atoms with E-state index in [2.05, 4.69) is 20.3 Å². The number of aromatic nitrogens is 3. The molecule has 3 heterocycles. The number of nitrogens with two attached hydrogens (primary N) is 1. The van der Waals surface area contributed by atoms with E-state index in [1.807, 2.05) is 31.5 Å². The summed E-state index contributed by atoms with van der Waals surface area (Å²) in [6.45, 7) is 4.94. The molecule has 1 saturated heterocycles. The Kier molecular flexibility index (Phi) is 5.10. The lowest BCUT2D eigenvalue weighted by Gasteiger charge is -2.32. The Balaban J connectivity index is 1.43. The van der Waals surface area contributed by atoms with Crippen molar-refractivity contribution in [2.75, 3.05) is 18.8 Å². The molecule has 7 nitrogen and oxygen atoms in total. The zero-order valence-corrected chi connectivity index (χ0v) is 14.0. The van der Waals surface area contributed by atoms with Crippen LogP contribution in [-0.2, 0) is 17.9 Å². The topological polar surface area (TPSA) is 89.1 Å². The van der Waals surface area contributed by atoms with E-state index in [-0.39, 0.29) is 18.5 Å². The molecule has 3 N–H and O–H groups in total. The van der Waals surface area contributed by atoms with Crippen LogP contribution in [0, 0.1) is 6.92 Å². The summed E-state index contributed by atoms with van der Waals surface area (Å²) < 4.78 is 1.54. The van der Waals surface area contributed by atoms with Gasteiger partial charge in [-0.15, -0.1) is 0 Å². The van der Waals surface area contributed by atoms with Gasteiger partial charge in [0.2, 0.25) is 5.91 Å². The van der Waals surface area contributed by atoms with Gasteiger partial charge in [-0.05, 0) is 37.5 Å². The predicted molar refractivity (Wildman–Crippen MR) is 92.1 cm³/mol. The molecule has 1 fully saturated rings. The Hall–Kier alpha value is -2.41. The van der Waals surface area contributed by atoms with Gasteiger partial charge in [0.15, 0.2) is 0 Å². The zero-order valence-electron chi connectivity index (χ0n) is 14.0. The maximum atomic E-state index is 12.2. The van der Waals surface area contributed by atoms with E-state index in [4.69, 9.17) is 5.73 Å². The number of likely N-dealkylation sites (tertiary alicyclic amines) is 1. The minimum atomic E-state index is -0.0302. The third-order valence-corrected chi connectivity index (χ3v) is 4.33. The summed E-state index contributed by atoms with van der Waals surface area (Å²) in [5, 5.41) is 7.32. The van der Waals surface area contributed by atoms with Gasteiger partial charge in [-0.25, -0.2) is 4.68 Å². The van der Waals surface area contributed by atoms with Gasteiger partial charge in [0, 0.05) is 44.1 Å². The SMILES string of the molecule is Cc1cc(N)n(CC(=O)NC2CCN(Cc3ccncc3)CC2)n1. The molecule has 0 aromatic carbocycles. The molecule has 0 aliphatic carbocycles. The quantitative estimate of drug-likeness (QED) is 0.853. The van der Waals surface area contributed by atoms with Crippen molar-refractivity contribution in [1.82, 2.24) is 25.0 Å². The molecule has 0 bridgehead atoms. The van der Waals surface area contributed by atoms with E-state index < -0.39 is 0 Å². The van der Waals surface area contributed by atoms with Crippen molar-refractivity contribution in [2.45, 2.75) is 38.9 Å². The van der Waals surface area contributed by atoms with Crippen LogP contribution in [0.4, 0.5) is 5.82 Å². The highest BCUT2D eigenvalue weighted by Gasteiger charge is 2.21. The smallest absolute Gasteiger partial charge is 0.242 e. The molecular formula is C17H24N6O. The van der Waals surface area contributed by atoms with Crippen molar-refractivity contribution >= 4 is 11.7 Å². The van der Waals surface area contributed by atoms with Crippen molar-refractivity contribution < 1.29 is 4.79 Å². The molecule has 0 unspecified atom stereocenters. The first-order valence-electron chi connectivity index (χ1n) is 8.30. The Bertz CT molecular complexity index is 676. The molecule has 1 aliphatic heterocycles. The summed E-state index contributed by atoms with van der Waals surface area (Å²) in [7, 11) is 0. The van der Waals surface area contributed by atoms with Crippen LogP contribution in [0.5, 0.6) is 0 Å². The first-order chi connectivity index (χ1) is 11.6. The second-order valence-electron chi connectivity index (χ2n) is 6.34. The van der Waals surface area contributed by atoms with E-state index in [9.17, 15) is 4.79 Å². The molecule has 2 aromatic heterocycles. The lowest BCUT2D eigenvalue weighted by atomic mass is 10.0. The number of carbonyl (C=O) groups excluding carboxylic acids is 1. The average molecular weight is 328 g/mol. The number of rotatable bonds is 5. The predicted octanol–water partition coefficient (Wildman–Crippen LogP) is 0.950. The van der Waals surface area contributed by atoms with Crippen molar-refractivity contribution in [3.63, 3.8) is 0 Å². The van der Waals surface area contributed by atoms with Gasteiger partial charge >= 0.3 is 0 Å². The first-order valence-corrected chi connectivity index (χ1v) is 8.30. The fraction of sp³-hybridized carbons (Fsp3) is 0.471. The summed E-state index contributed by atoms with van der Waals surface area (Å²) in [5.74, 6) is 0.493. The molecule has 3 rings (SSSR count). The molecule has 0 radical (unpaired) electrons. The maximum absolute atomic E-state index is 12.2. The molecule has 2 aromatic rings. The molecule has 24 heavy (non-hydrogen) atoms. The maximum Gasteiger partial charge on any atom is 0.242 e. The minimum absolute atomic E-state index is 0.0302. The number of aryl methyl sites for hydroxylation is 1. The van der Waals surface area contributed by atoms with Gasteiger partial charge in [0.1, 0.15) is 12.4 Å². The summed E-state index contributed by atoms with van der Waals surface area (Å²) >= 11 is 0. The van der Waals surface area contributed by atoms with Crippen molar-refractivity contribution in [1.29, 1.82) is 0 Å². The van der Waals surface area contributed by atoms with Crippen LogP contribution in [0.1, 0.15) is 24.1 Å². The summed E-state index contributed by atoms with van der Waals surface area (Å²) in [5.41, 5.74) is 7.92. The van der Waals surface area contributed by atoms with E-state index >= 15 is 0 Å². The summed E-state index contributed by atoms with van der Waals surface area (Å²) in [6.07, 6.45) is 5.57. The van der Waals surface area contributed by atoms with Gasteiger partial charge in [-0.2, -0.15) is 5.10 Å². The highest BCUT2D eigenvalue weighted by molar-refractivity contribution is 5.76. The van der Waals surface area contributed by atoms with Gasteiger partial charge in [0.25, 0.3) is 0 Å². The third kappa shape index (κ3) is 4.32. The average Bonchev–Trinajstić information content (AvgIpc) is 2.87. The van der Waals surface area contributed by atoms with Crippen LogP contribution >= 0.6 is 0 Å². The second-order valence-corrected chi connectivity index (χ2v) is 6.34. The van der Waals surface area contributed by atoms with Gasteiger partial charge in [0.05, 0.1) is 5.69 Å². The number of pyridine rings is 1. The number of nitrogens with one attached hydrogen (secondary N) is 1. The number of hydrogen-bond donors (Lipinski definition) is 2. The Morgan fingerprint density at radius 2 is 2.04 bits per heavy atom. The Morgan fingerprint density at radius 3 is 2.67 bits per heavy atom. The van der Waals surface area contributed by atoms with E-state index in [0.717, 1.165) is 38.2 Å². The fourth-order valence-electron chi connectivity index (χ4n) is 3.08. The van der Waals surface area contributed by atoms with Crippen molar-refractivity contribution in [3.8, 4) is 0 Å². The highest BCUT2D eigenvalue weighted by Crippen LogP contribution is 2.14. The van der Waals surface area contributed by atoms with E-state index in [1.165, 1.54) is 5.56 Å². The lowest BCUT2D eigenvalue weighted by Crippen LogP contribution is -2.45. The Morgan fingerprint density at radius 1 is 1.33 bits per heavy atom. The van der Waals surface area contributed by atoms with Crippen LogP contribution in [0.15, 0.2) is 30.6 Å². The number of piperidine rings is 1. The van der Waals surface area contributed by atoms with Crippen molar-refractivity contribution in [2.24, 2.45) is 0 Å². The number of nitrogen functional groups attached to an aromatic ring is 1. The molecular weight excluding hydrogens is 304 g/mol. The number of hydrogen-bond acceptors (Lipinski definition) is 5. The number of anilines is 1. The first kappa shape index (κ1) is 16.4. The molecule has 0 spiro atoms. The molecule has 128 valence electrons. The minimum Gasteiger partial charge on any atom is -0.384 e. The van der Waals surface area contributed by atoms with Gasteiger partial charge in [-0.1, -0.05) is 0 Å². The normalized spacial score (nSPS) is 16.2. The third-order valence-electron chi connectivity index (χ3n) is 4.33. The van der Waals surface area contributed by atoms with Crippen LogP contribution in [0.2, 0.25) is 0 Å². The number of nitrogens with zero attached hydrogens (tertiary/aromatic N) is 4. The van der Waals surface area contributed by atoms with Crippen molar-refractivity contribution in [3.05, 3.63) is 41.9 Å². The summed E-state index contributed by atoms with van der Waals surface area (Å²) in [6, 6.07) is 6.09. The molecule has 0 saturated carbocycles. The number of carbonyl (C=O) groups is 1. The second kappa shape index (κ2) is 7.44. The van der Waals surface area contributed by atoms with Crippen LogP contribution in [0.25, 0.3) is 0 Å². The lowest BCUT2D eigenvalue weighted by molar-refractivity contribution is -0.122. The van der Waals surface area contributed by atoms with E-state index in [0.29, 0.717) is 5.82 Å². The monoisotopic (exact) mass is 328 g/mol. The molecule has 1 amide bonds. The standard InChI is InChI=1S/C17H24N6O/c1-13-10-16(18)23(21-13)12-17(24)20-15-4-8-22(9-5-15)11-14-2-6-19-7-3-14/h2-3,6-7,10,15H,4-5,8-9,11-12,18H2,1H3,(H,20,24). The van der Waals surface area contributed by atoms with Crippen LogP contribution < -0.4 is 11.1 Å². The highest BCUT2D eigenvalue weighted by atomic mass is 16.2. The molecule has 7 heteroatoms.